The third-order valence-electron chi connectivity index (χ3n) is 3.61. The predicted molar refractivity (Wildman–Crippen MR) is 98.9 cm³/mol. The lowest BCUT2D eigenvalue weighted by atomic mass is 9.88. The first-order valence-corrected chi connectivity index (χ1v) is 8.57. The van der Waals surface area contributed by atoms with E-state index < -0.39 is 0 Å². The van der Waals surface area contributed by atoms with Gasteiger partial charge in [-0.2, -0.15) is 0 Å². The maximum Gasteiger partial charge on any atom is 0.139 e. The number of aromatic hydroxyl groups is 1. The van der Waals surface area contributed by atoms with E-state index in [0.717, 1.165) is 15.2 Å². The van der Waals surface area contributed by atoms with Crippen LogP contribution in [-0.2, 0) is 0 Å². The summed E-state index contributed by atoms with van der Waals surface area (Å²) in [5.74, 6) is 0.157. The van der Waals surface area contributed by atoms with Crippen LogP contribution in [-0.4, -0.2) is 29.1 Å². The normalized spacial score (nSPS) is 13.9. The Balaban J connectivity index is 2.49. The summed E-state index contributed by atoms with van der Waals surface area (Å²) in [5.41, 5.74) is 0.484. The number of benzene rings is 2. The quantitative estimate of drug-likeness (QED) is 0.683. The van der Waals surface area contributed by atoms with Crippen molar-refractivity contribution < 1.29 is 10.2 Å². The van der Waals surface area contributed by atoms with E-state index in [-0.39, 0.29) is 23.8 Å². The molecule has 2 aromatic rings. The van der Waals surface area contributed by atoms with Crippen molar-refractivity contribution in [3.63, 3.8) is 0 Å². The van der Waals surface area contributed by atoms with Crippen LogP contribution in [0.15, 0.2) is 38.2 Å². The van der Waals surface area contributed by atoms with E-state index >= 15 is 0 Å². The van der Waals surface area contributed by atoms with E-state index in [9.17, 15) is 10.2 Å². The lowest BCUT2D eigenvalue weighted by Crippen LogP contribution is -2.28. The van der Waals surface area contributed by atoms with Gasteiger partial charge in [0.15, 0.2) is 0 Å². The molecule has 0 aromatic heterocycles. The second kappa shape index (κ2) is 6.69. The van der Waals surface area contributed by atoms with E-state index in [4.69, 9.17) is 0 Å². The lowest BCUT2D eigenvalue weighted by molar-refractivity contribution is 0.191. The highest BCUT2D eigenvalue weighted by Gasteiger charge is 2.22. The lowest BCUT2D eigenvalue weighted by Gasteiger charge is -2.25. The zero-order valence-corrected chi connectivity index (χ0v) is 15.9. The van der Waals surface area contributed by atoms with Gasteiger partial charge >= 0.3 is 0 Å². The Labute approximate surface area is 147 Å². The van der Waals surface area contributed by atoms with E-state index in [0.29, 0.717) is 10.0 Å². The van der Waals surface area contributed by atoms with Crippen LogP contribution >= 0.6 is 31.9 Å². The first-order chi connectivity index (χ1) is 10.2. The Morgan fingerprint density at radius 3 is 2.50 bits per heavy atom. The molecule has 2 aromatic carbocycles. The molecule has 0 fully saturated rings. The fourth-order valence-corrected chi connectivity index (χ4v) is 3.13. The molecule has 0 amide bonds. The monoisotopic (exact) mass is 427 g/mol. The number of aliphatic hydroxyl groups is 1. The van der Waals surface area contributed by atoms with E-state index in [2.05, 4.69) is 36.9 Å². The van der Waals surface area contributed by atoms with Gasteiger partial charge in [-0.15, -0.1) is 0 Å². The average molecular weight is 429 g/mol. The Hall–Kier alpha value is -0.910. The van der Waals surface area contributed by atoms with Crippen molar-refractivity contribution in [2.24, 2.45) is 10.4 Å². The number of hydrogen-bond donors (Lipinski definition) is 2. The summed E-state index contributed by atoms with van der Waals surface area (Å²) in [6.45, 7) is 6.05. The molecule has 0 radical (unpaired) electrons. The van der Waals surface area contributed by atoms with Gasteiger partial charge in [-0.25, -0.2) is 0 Å². The zero-order valence-electron chi connectivity index (χ0n) is 12.8. The Bertz CT molecular complexity index is 721. The number of phenolic OH excluding ortho intramolecular Hbond substituents is 1. The Morgan fingerprint density at radius 2 is 1.91 bits per heavy atom. The number of fused-ring (bicyclic) bond motifs is 1. The molecule has 0 spiro atoms. The number of aliphatic imine (C=N–C) groups is 1. The predicted octanol–water partition coefficient (Wildman–Crippen LogP) is 4.90. The number of halogens is 2. The van der Waals surface area contributed by atoms with Crippen LogP contribution in [0.1, 0.15) is 26.3 Å². The highest BCUT2D eigenvalue weighted by atomic mass is 79.9. The number of nitrogens with zero attached hydrogens (tertiary/aromatic N) is 1. The van der Waals surface area contributed by atoms with E-state index in [1.807, 2.05) is 45.0 Å². The summed E-state index contributed by atoms with van der Waals surface area (Å²) in [5, 5.41) is 21.8. The highest BCUT2D eigenvalue weighted by molar-refractivity contribution is 9.11. The minimum absolute atomic E-state index is 0.0267. The van der Waals surface area contributed by atoms with Crippen molar-refractivity contribution in [3.05, 3.63) is 38.8 Å². The van der Waals surface area contributed by atoms with Crippen LogP contribution in [0.5, 0.6) is 5.75 Å². The zero-order chi connectivity index (χ0) is 16.5. The molecule has 3 nitrogen and oxygen atoms in total. The number of rotatable bonds is 3. The van der Waals surface area contributed by atoms with E-state index in [1.54, 1.807) is 6.21 Å². The number of phenols is 1. The number of aliphatic hydroxyl groups excluding tert-OH is 1. The standard InChI is InChI=1S/C17H19Br2NO2/c1-17(2,3)14(9-21)20-8-11-6-10-7-12(18)4-5-13(10)15(19)16(11)22/h4-8,14,21-22H,9H2,1-3H3/t14-/m1/s1. The van der Waals surface area contributed by atoms with E-state index in [1.165, 1.54) is 0 Å². The second-order valence-electron chi connectivity index (χ2n) is 6.34. The van der Waals surface area contributed by atoms with Gasteiger partial charge in [0, 0.05) is 16.3 Å². The summed E-state index contributed by atoms with van der Waals surface area (Å²) in [4.78, 5) is 4.45. The fraction of sp³-hybridized carbons (Fsp3) is 0.353. The second-order valence-corrected chi connectivity index (χ2v) is 8.05. The molecule has 0 heterocycles. The van der Waals surface area contributed by atoms with Gasteiger partial charge in [0.2, 0.25) is 0 Å². The van der Waals surface area contributed by atoms with Crippen LogP contribution in [0.4, 0.5) is 0 Å². The molecule has 0 aliphatic heterocycles. The average Bonchev–Trinajstić information content (AvgIpc) is 2.43. The Kier molecular flexibility index (Phi) is 5.30. The first kappa shape index (κ1) is 17.4. The summed E-state index contributed by atoms with van der Waals surface area (Å²) >= 11 is 6.90. The van der Waals surface area contributed by atoms with Gasteiger partial charge in [0.05, 0.1) is 17.1 Å². The van der Waals surface area contributed by atoms with Crippen molar-refractivity contribution in [2.75, 3.05) is 6.61 Å². The smallest absolute Gasteiger partial charge is 0.139 e. The molecular formula is C17H19Br2NO2. The molecule has 5 heteroatoms. The SMILES string of the molecule is CC(C)(C)[C@@H](CO)N=Cc1cc2cc(Br)ccc2c(Br)c1O. The fourth-order valence-electron chi connectivity index (χ4n) is 2.16. The minimum atomic E-state index is -0.219. The number of hydrogen-bond acceptors (Lipinski definition) is 3. The maximum atomic E-state index is 10.3. The van der Waals surface area contributed by atoms with Crippen molar-refractivity contribution >= 4 is 48.8 Å². The van der Waals surface area contributed by atoms with Crippen molar-refractivity contribution in [2.45, 2.75) is 26.8 Å². The molecule has 0 unspecified atom stereocenters. The summed E-state index contributed by atoms with van der Waals surface area (Å²) in [6.07, 6.45) is 1.63. The molecule has 0 aliphatic carbocycles. The van der Waals surface area contributed by atoms with Crippen molar-refractivity contribution in [3.8, 4) is 5.75 Å². The highest BCUT2D eigenvalue weighted by Crippen LogP contribution is 2.36. The molecule has 0 aliphatic rings. The largest absolute Gasteiger partial charge is 0.506 e. The third kappa shape index (κ3) is 3.70. The molecule has 22 heavy (non-hydrogen) atoms. The summed E-state index contributed by atoms with van der Waals surface area (Å²) < 4.78 is 1.62. The van der Waals surface area contributed by atoms with Crippen LogP contribution < -0.4 is 0 Å². The van der Waals surface area contributed by atoms with Gasteiger partial charge in [-0.1, -0.05) is 42.8 Å². The molecule has 0 bridgehead atoms. The summed E-state index contributed by atoms with van der Waals surface area (Å²) in [7, 11) is 0. The van der Waals surface area contributed by atoms with Gasteiger partial charge in [-0.3, -0.25) is 4.99 Å². The third-order valence-corrected chi connectivity index (χ3v) is 4.90. The molecule has 118 valence electrons. The molecule has 0 saturated carbocycles. The molecule has 2 rings (SSSR count). The van der Waals surface area contributed by atoms with Crippen LogP contribution in [0.3, 0.4) is 0 Å². The molecule has 2 N–H and O–H groups in total. The van der Waals surface area contributed by atoms with Gasteiger partial charge < -0.3 is 10.2 Å². The first-order valence-electron chi connectivity index (χ1n) is 6.99. The van der Waals surface area contributed by atoms with Gasteiger partial charge in [0.1, 0.15) is 5.75 Å². The molecule has 1 atom stereocenters. The van der Waals surface area contributed by atoms with Gasteiger partial charge in [-0.05, 0) is 50.3 Å². The summed E-state index contributed by atoms with van der Waals surface area (Å²) in [6, 6.07) is 7.53. The van der Waals surface area contributed by atoms with Crippen molar-refractivity contribution in [1.29, 1.82) is 0 Å². The maximum absolute atomic E-state index is 10.3. The Morgan fingerprint density at radius 1 is 1.23 bits per heavy atom. The van der Waals surface area contributed by atoms with Gasteiger partial charge in [0.25, 0.3) is 0 Å². The molecular weight excluding hydrogens is 410 g/mol. The van der Waals surface area contributed by atoms with Crippen LogP contribution in [0.25, 0.3) is 10.8 Å². The molecule has 0 saturated heterocycles. The topological polar surface area (TPSA) is 52.8 Å². The minimum Gasteiger partial charge on any atom is -0.506 e. The van der Waals surface area contributed by atoms with Crippen molar-refractivity contribution in [1.82, 2.24) is 0 Å². The van der Waals surface area contributed by atoms with Crippen LogP contribution in [0.2, 0.25) is 0 Å². The van der Waals surface area contributed by atoms with Crippen LogP contribution in [0, 0.1) is 5.41 Å².